The molecular formula is C20H25ClN2O5S. The Balaban J connectivity index is 2.32. The summed E-state index contributed by atoms with van der Waals surface area (Å²) in [6, 6.07) is 10.9. The number of hydrogen-bond donors (Lipinski definition) is 0. The first kappa shape index (κ1) is 22.8. The molecule has 9 heteroatoms. The van der Waals surface area contributed by atoms with E-state index in [0.29, 0.717) is 11.5 Å². The molecule has 0 fully saturated rings. The molecule has 0 saturated heterocycles. The van der Waals surface area contributed by atoms with Crippen molar-refractivity contribution in [1.82, 2.24) is 4.90 Å². The molecule has 0 saturated carbocycles. The highest BCUT2D eigenvalue weighted by Gasteiger charge is 2.31. The van der Waals surface area contributed by atoms with Crippen LogP contribution in [-0.4, -0.2) is 52.8 Å². The summed E-state index contributed by atoms with van der Waals surface area (Å²) < 4.78 is 36.5. The second-order valence-corrected chi connectivity index (χ2v) is 8.83. The summed E-state index contributed by atoms with van der Waals surface area (Å²) in [5.74, 6) is 0.700. The van der Waals surface area contributed by atoms with Crippen LogP contribution in [0.1, 0.15) is 12.5 Å². The predicted molar refractivity (Wildman–Crippen MR) is 114 cm³/mol. The first-order valence-corrected chi connectivity index (χ1v) is 11.0. The average Bonchev–Trinajstić information content (AvgIpc) is 2.66. The van der Waals surface area contributed by atoms with Gasteiger partial charge in [-0.25, -0.2) is 8.42 Å². The number of methoxy groups -OCH3 is 2. The second-order valence-electron chi connectivity index (χ2n) is 6.56. The van der Waals surface area contributed by atoms with Crippen LogP contribution in [0.15, 0.2) is 42.5 Å². The maximum Gasteiger partial charge on any atom is 0.246 e. The molecule has 1 atom stereocenters. The summed E-state index contributed by atoms with van der Waals surface area (Å²) in [5.41, 5.74) is 1.10. The molecule has 0 N–H and O–H groups in total. The predicted octanol–water partition coefficient (Wildman–Crippen LogP) is 3.17. The Morgan fingerprint density at radius 2 is 1.72 bits per heavy atom. The van der Waals surface area contributed by atoms with Gasteiger partial charge < -0.3 is 14.4 Å². The zero-order chi connectivity index (χ0) is 21.8. The molecule has 29 heavy (non-hydrogen) atoms. The first-order valence-electron chi connectivity index (χ1n) is 8.80. The lowest BCUT2D eigenvalue weighted by Crippen LogP contribution is -2.48. The molecule has 2 aromatic rings. The zero-order valence-corrected chi connectivity index (χ0v) is 18.6. The van der Waals surface area contributed by atoms with Crippen molar-refractivity contribution in [3.63, 3.8) is 0 Å². The Morgan fingerprint density at radius 3 is 2.28 bits per heavy atom. The van der Waals surface area contributed by atoms with Crippen LogP contribution in [-0.2, 0) is 21.4 Å². The van der Waals surface area contributed by atoms with Crippen LogP contribution >= 0.6 is 11.6 Å². The van der Waals surface area contributed by atoms with Gasteiger partial charge in [0.1, 0.15) is 17.5 Å². The number of likely N-dealkylation sites (N-methyl/N-ethyl adjacent to an activating group) is 1. The van der Waals surface area contributed by atoms with Crippen LogP contribution in [0.3, 0.4) is 0 Å². The van der Waals surface area contributed by atoms with E-state index in [0.717, 1.165) is 16.1 Å². The van der Waals surface area contributed by atoms with Crippen molar-refractivity contribution >= 4 is 33.2 Å². The van der Waals surface area contributed by atoms with Gasteiger partial charge in [0.2, 0.25) is 15.9 Å². The number of sulfonamides is 1. The fraction of sp³-hybridized carbons (Fsp3) is 0.350. The van der Waals surface area contributed by atoms with Crippen LogP contribution in [0.5, 0.6) is 11.5 Å². The number of carbonyl (C=O) groups excluding carboxylic acids is 1. The van der Waals surface area contributed by atoms with Gasteiger partial charge in [0.05, 0.1) is 31.2 Å². The number of para-hydroxylation sites is 1. The van der Waals surface area contributed by atoms with Crippen molar-refractivity contribution in [2.75, 3.05) is 31.8 Å². The molecule has 0 aliphatic rings. The van der Waals surface area contributed by atoms with E-state index in [4.69, 9.17) is 21.1 Å². The topological polar surface area (TPSA) is 76.2 Å². The van der Waals surface area contributed by atoms with E-state index in [1.165, 1.54) is 18.1 Å². The lowest BCUT2D eigenvalue weighted by atomic mass is 10.1. The minimum atomic E-state index is -3.76. The maximum absolute atomic E-state index is 13.0. The lowest BCUT2D eigenvalue weighted by molar-refractivity contribution is -0.131. The summed E-state index contributed by atoms with van der Waals surface area (Å²) in [6.07, 6.45) is 1.05. The molecule has 0 aliphatic carbocycles. The highest BCUT2D eigenvalue weighted by atomic mass is 35.5. The maximum atomic E-state index is 13.0. The van der Waals surface area contributed by atoms with Gasteiger partial charge in [-0.3, -0.25) is 9.10 Å². The monoisotopic (exact) mass is 440 g/mol. The van der Waals surface area contributed by atoms with Crippen molar-refractivity contribution in [2.24, 2.45) is 0 Å². The van der Waals surface area contributed by atoms with Crippen molar-refractivity contribution in [3.05, 3.63) is 53.1 Å². The molecule has 0 bridgehead atoms. The van der Waals surface area contributed by atoms with Crippen LogP contribution in [0, 0.1) is 0 Å². The minimum absolute atomic E-state index is 0.251. The number of benzene rings is 2. The van der Waals surface area contributed by atoms with Crippen molar-refractivity contribution in [1.29, 1.82) is 0 Å². The number of halogens is 1. The zero-order valence-electron chi connectivity index (χ0n) is 17.0. The van der Waals surface area contributed by atoms with Crippen LogP contribution < -0.4 is 13.8 Å². The van der Waals surface area contributed by atoms with Gasteiger partial charge in [0.15, 0.2) is 0 Å². The van der Waals surface area contributed by atoms with Crippen LogP contribution in [0.25, 0.3) is 0 Å². The molecule has 0 aromatic heterocycles. The van der Waals surface area contributed by atoms with Crippen LogP contribution in [0.2, 0.25) is 5.02 Å². The number of ether oxygens (including phenoxy) is 2. The van der Waals surface area contributed by atoms with Crippen molar-refractivity contribution < 1.29 is 22.7 Å². The van der Waals surface area contributed by atoms with Gasteiger partial charge in [-0.1, -0.05) is 29.8 Å². The molecule has 1 amide bonds. The SMILES string of the molecule is COc1ccc(N([C@@H](C)C(=O)N(C)Cc2ccccc2OC)S(C)(=O)=O)cc1Cl. The molecule has 7 nitrogen and oxygen atoms in total. The van der Waals surface area contributed by atoms with Gasteiger partial charge in [-0.05, 0) is 31.2 Å². The highest BCUT2D eigenvalue weighted by Crippen LogP contribution is 2.31. The molecule has 0 radical (unpaired) electrons. The van der Waals surface area contributed by atoms with Crippen molar-refractivity contribution in [2.45, 2.75) is 19.5 Å². The number of nitrogens with zero attached hydrogens (tertiary/aromatic N) is 2. The Kier molecular flexibility index (Phi) is 7.37. The summed E-state index contributed by atoms with van der Waals surface area (Å²) in [6.45, 7) is 1.81. The Labute approximate surface area is 176 Å². The molecule has 0 heterocycles. The normalized spacial score (nSPS) is 12.2. The smallest absolute Gasteiger partial charge is 0.246 e. The van der Waals surface area contributed by atoms with E-state index in [1.54, 1.807) is 39.3 Å². The molecule has 2 aromatic carbocycles. The standard InChI is InChI=1S/C20H25ClN2O5S/c1-14(20(24)22(2)13-15-8-6-7-9-18(15)27-3)23(29(5,25)26)16-10-11-19(28-4)17(21)12-16/h6-12,14H,13H2,1-5H3/t14-/m0/s1. The van der Waals surface area contributed by atoms with Gasteiger partial charge in [-0.15, -0.1) is 0 Å². The van der Waals surface area contributed by atoms with Gasteiger partial charge in [0, 0.05) is 19.2 Å². The number of rotatable bonds is 8. The molecule has 0 spiro atoms. The molecule has 2 rings (SSSR count). The van der Waals surface area contributed by atoms with E-state index in [-0.39, 0.29) is 23.2 Å². The fourth-order valence-electron chi connectivity index (χ4n) is 3.08. The van der Waals surface area contributed by atoms with E-state index in [2.05, 4.69) is 0 Å². The van der Waals surface area contributed by atoms with Crippen LogP contribution in [0.4, 0.5) is 5.69 Å². The third kappa shape index (κ3) is 5.33. The molecule has 158 valence electrons. The number of carbonyl (C=O) groups is 1. The Morgan fingerprint density at radius 1 is 1.10 bits per heavy atom. The van der Waals surface area contributed by atoms with Gasteiger partial charge in [-0.2, -0.15) is 0 Å². The lowest BCUT2D eigenvalue weighted by Gasteiger charge is -2.31. The number of anilines is 1. The quantitative estimate of drug-likeness (QED) is 0.630. The average molecular weight is 441 g/mol. The number of amides is 1. The molecular weight excluding hydrogens is 416 g/mol. The third-order valence-corrected chi connectivity index (χ3v) is 5.97. The third-order valence-electron chi connectivity index (χ3n) is 4.43. The summed E-state index contributed by atoms with van der Waals surface area (Å²) in [5, 5.41) is 0.251. The largest absolute Gasteiger partial charge is 0.496 e. The Hall–Kier alpha value is -2.45. The molecule has 0 unspecified atom stereocenters. The molecule has 0 aliphatic heterocycles. The minimum Gasteiger partial charge on any atom is -0.496 e. The Bertz CT molecular complexity index is 981. The van der Waals surface area contributed by atoms with Crippen molar-refractivity contribution in [3.8, 4) is 11.5 Å². The second kappa shape index (κ2) is 9.37. The summed E-state index contributed by atoms with van der Waals surface area (Å²) >= 11 is 6.16. The highest BCUT2D eigenvalue weighted by molar-refractivity contribution is 7.92. The van der Waals surface area contributed by atoms with E-state index in [1.807, 2.05) is 18.2 Å². The summed E-state index contributed by atoms with van der Waals surface area (Å²) in [4.78, 5) is 14.5. The number of hydrogen-bond acceptors (Lipinski definition) is 5. The van der Waals surface area contributed by atoms with E-state index in [9.17, 15) is 13.2 Å². The fourth-order valence-corrected chi connectivity index (χ4v) is 4.49. The summed E-state index contributed by atoms with van der Waals surface area (Å²) in [7, 11) is 0.886. The van der Waals surface area contributed by atoms with E-state index < -0.39 is 16.1 Å². The van der Waals surface area contributed by atoms with Gasteiger partial charge >= 0.3 is 0 Å². The van der Waals surface area contributed by atoms with E-state index >= 15 is 0 Å². The first-order chi connectivity index (χ1) is 13.6. The van der Waals surface area contributed by atoms with Gasteiger partial charge in [0.25, 0.3) is 0 Å².